The third-order valence-corrected chi connectivity index (χ3v) is 9.26. The van der Waals surface area contributed by atoms with Gasteiger partial charge in [-0.3, -0.25) is 13.9 Å². The van der Waals surface area contributed by atoms with Crippen molar-refractivity contribution in [2.45, 2.75) is 64.1 Å². The van der Waals surface area contributed by atoms with Crippen molar-refractivity contribution >= 4 is 50.7 Å². The Morgan fingerprint density at radius 2 is 1.56 bits per heavy atom. The predicted octanol–water partition coefficient (Wildman–Crippen LogP) is 6.36. The van der Waals surface area contributed by atoms with E-state index in [2.05, 4.69) is 5.32 Å². The molecule has 3 aromatic carbocycles. The number of rotatable bonds is 12. The number of hydrogen-bond donors (Lipinski definition) is 1. The average Bonchev–Trinajstić information content (AvgIpc) is 2.94. The van der Waals surface area contributed by atoms with Crippen molar-refractivity contribution in [1.29, 1.82) is 0 Å². The van der Waals surface area contributed by atoms with Crippen LogP contribution in [0.4, 0.5) is 10.1 Å². The summed E-state index contributed by atoms with van der Waals surface area (Å²) in [6.07, 6.45) is 0.959. The summed E-state index contributed by atoms with van der Waals surface area (Å²) in [6, 6.07) is 15.1. The van der Waals surface area contributed by atoms with Crippen molar-refractivity contribution in [2.24, 2.45) is 0 Å². The lowest BCUT2D eigenvalue weighted by molar-refractivity contribution is -0.140. The van der Waals surface area contributed by atoms with Gasteiger partial charge in [0.2, 0.25) is 11.8 Å². The Morgan fingerprint density at radius 1 is 0.927 bits per heavy atom. The number of anilines is 1. The zero-order valence-electron chi connectivity index (χ0n) is 23.4. The van der Waals surface area contributed by atoms with E-state index in [1.165, 1.54) is 59.5 Å². The predicted molar refractivity (Wildman–Crippen MR) is 161 cm³/mol. The normalized spacial score (nSPS) is 12.9. The van der Waals surface area contributed by atoms with Gasteiger partial charge in [0.15, 0.2) is 0 Å². The first-order valence-electron chi connectivity index (χ1n) is 13.3. The molecule has 0 unspecified atom stereocenters. The first-order chi connectivity index (χ1) is 19.4. The zero-order valence-corrected chi connectivity index (χ0v) is 25.7. The van der Waals surface area contributed by atoms with Crippen molar-refractivity contribution in [2.75, 3.05) is 10.8 Å². The van der Waals surface area contributed by atoms with E-state index in [-0.39, 0.29) is 45.5 Å². The van der Waals surface area contributed by atoms with Gasteiger partial charge in [-0.25, -0.2) is 12.8 Å². The molecule has 0 aliphatic heterocycles. The third kappa shape index (κ3) is 8.21. The first-order valence-corrected chi connectivity index (χ1v) is 15.5. The van der Waals surface area contributed by atoms with Crippen molar-refractivity contribution in [1.82, 2.24) is 10.2 Å². The molecule has 1 N–H and O–H groups in total. The number of hydrogen-bond acceptors (Lipinski definition) is 4. The highest BCUT2D eigenvalue weighted by Gasteiger charge is 2.34. The Morgan fingerprint density at radius 3 is 2.12 bits per heavy atom. The van der Waals surface area contributed by atoms with Crippen LogP contribution in [0.15, 0.2) is 71.6 Å². The lowest BCUT2D eigenvalue weighted by Gasteiger charge is -2.33. The minimum Gasteiger partial charge on any atom is -0.352 e. The summed E-state index contributed by atoms with van der Waals surface area (Å²) >= 11 is 12.3. The molecule has 0 spiro atoms. The standard InChI is InChI=1S/C30H34Cl2FN3O4S/c1-5-21(4)34-30(38)28(6-2)35(18-22-9-11-23(33)12-10-22)29(37)19-36(24-13-16-26(31)27(32)17-24)41(39,40)25-14-7-20(3)8-15-25/h7-17,21,28H,5-6,18-19H2,1-4H3,(H,34,38)/t21-,28+/m0/s1. The second-order valence-corrected chi connectivity index (χ2v) is 12.5. The van der Waals surface area contributed by atoms with Gasteiger partial charge in [-0.1, -0.05) is 66.9 Å². The molecule has 0 fully saturated rings. The van der Waals surface area contributed by atoms with Gasteiger partial charge in [0.05, 0.1) is 20.6 Å². The van der Waals surface area contributed by atoms with Crippen LogP contribution >= 0.6 is 23.2 Å². The van der Waals surface area contributed by atoms with Crippen molar-refractivity contribution < 1.29 is 22.4 Å². The van der Waals surface area contributed by atoms with Crippen LogP contribution in [-0.4, -0.2) is 43.8 Å². The number of benzene rings is 3. The maximum absolute atomic E-state index is 14.0. The summed E-state index contributed by atoms with van der Waals surface area (Å²) in [5, 5.41) is 3.25. The summed E-state index contributed by atoms with van der Waals surface area (Å²) in [4.78, 5) is 28.7. The highest BCUT2D eigenvalue weighted by atomic mass is 35.5. The molecule has 0 heterocycles. The number of carbonyl (C=O) groups is 2. The number of amides is 2. The van der Waals surface area contributed by atoms with Crippen LogP contribution in [0.3, 0.4) is 0 Å². The molecule has 0 aromatic heterocycles. The minimum absolute atomic E-state index is 0.0198. The van der Waals surface area contributed by atoms with Crippen LogP contribution in [0.25, 0.3) is 0 Å². The van der Waals surface area contributed by atoms with Crippen LogP contribution in [0.5, 0.6) is 0 Å². The van der Waals surface area contributed by atoms with E-state index in [1.807, 2.05) is 20.8 Å². The molecule has 2 amide bonds. The highest BCUT2D eigenvalue weighted by molar-refractivity contribution is 7.92. The fourth-order valence-corrected chi connectivity index (χ4v) is 5.85. The maximum Gasteiger partial charge on any atom is 0.264 e. The van der Waals surface area contributed by atoms with Gasteiger partial charge < -0.3 is 10.2 Å². The lowest BCUT2D eigenvalue weighted by atomic mass is 10.1. The molecule has 0 saturated heterocycles. The average molecular weight is 623 g/mol. The summed E-state index contributed by atoms with van der Waals surface area (Å²) in [6.45, 7) is 6.73. The van der Waals surface area contributed by atoms with Gasteiger partial charge in [-0.2, -0.15) is 0 Å². The van der Waals surface area contributed by atoms with Gasteiger partial charge in [0.1, 0.15) is 18.4 Å². The van der Waals surface area contributed by atoms with Crippen molar-refractivity contribution in [3.63, 3.8) is 0 Å². The fourth-order valence-electron chi connectivity index (χ4n) is 4.15. The number of nitrogens with zero attached hydrogens (tertiary/aromatic N) is 2. The Balaban J connectivity index is 2.08. The number of halogens is 3. The van der Waals surface area contributed by atoms with Gasteiger partial charge in [-0.15, -0.1) is 0 Å². The Hall–Kier alpha value is -3.14. The molecular weight excluding hydrogens is 588 g/mol. The SMILES string of the molecule is CC[C@H](C(=O)N[C@@H](C)CC)N(Cc1ccc(F)cc1)C(=O)CN(c1ccc(Cl)c(Cl)c1)S(=O)(=O)c1ccc(C)cc1. The smallest absolute Gasteiger partial charge is 0.264 e. The Bertz CT molecular complexity index is 1470. The van der Waals surface area contributed by atoms with E-state index < -0.39 is 34.3 Å². The third-order valence-electron chi connectivity index (χ3n) is 6.73. The van der Waals surface area contributed by atoms with Gasteiger partial charge in [0.25, 0.3) is 10.0 Å². The fraction of sp³-hybridized carbons (Fsp3) is 0.333. The molecule has 0 aliphatic rings. The Kier molecular flexibility index (Phi) is 11.2. The van der Waals surface area contributed by atoms with Crippen LogP contribution in [0.1, 0.15) is 44.7 Å². The molecule has 3 rings (SSSR count). The quantitative estimate of drug-likeness (QED) is 0.255. The molecule has 0 aliphatic carbocycles. The molecule has 7 nitrogen and oxygen atoms in total. The first kappa shape index (κ1) is 32.4. The molecule has 11 heteroatoms. The number of aryl methyl sites for hydroxylation is 1. The summed E-state index contributed by atoms with van der Waals surface area (Å²) in [5.74, 6) is -1.43. The topological polar surface area (TPSA) is 86.8 Å². The van der Waals surface area contributed by atoms with Gasteiger partial charge in [0, 0.05) is 12.6 Å². The number of nitrogens with one attached hydrogen (secondary N) is 1. The minimum atomic E-state index is -4.25. The second kappa shape index (κ2) is 14.2. The summed E-state index contributed by atoms with van der Waals surface area (Å²) < 4.78 is 42.4. The monoisotopic (exact) mass is 621 g/mol. The summed E-state index contributed by atoms with van der Waals surface area (Å²) in [7, 11) is -4.25. The van der Waals surface area contributed by atoms with Crippen LogP contribution < -0.4 is 9.62 Å². The largest absolute Gasteiger partial charge is 0.352 e. The van der Waals surface area contributed by atoms with Crippen LogP contribution in [0.2, 0.25) is 10.0 Å². The molecule has 41 heavy (non-hydrogen) atoms. The summed E-state index contributed by atoms with van der Waals surface area (Å²) in [5.41, 5.74) is 1.58. The second-order valence-electron chi connectivity index (χ2n) is 9.81. The highest BCUT2D eigenvalue weighted by Crippen LogP contribution is 2.31. The zero-order chi connectivity index (χ0) is 30.3. The lowest BCUT2D eigenvalue weighted by Crippen LogP contribution is -2.53. The van der Waals surface area contributed by atoms with Gasteiger partial charge in [-0.05, 0) is 74.7 Å². The number of sulfonamides is 1. The number of carbonyl (C=O) groups excluding carboxylic acids is 2. The van der Waals surface area contributed by atoms with Crippen molar-refractivity contribution in [3.05, 3.63) is 93.7 Å². The van der Waals surface area contributed by atoms with E-state index in [1.54, 1.807) is 19.1 Å². The van der Waals surface area contributed by atoms with Crippen LogP contribution in [0, 0.1) is 12.7 Å². The van der Waals surface area contributed by atoms with E-state index >= 15 is 0 Å². The molecule has 3 aromatic rings. The van der Waals surface area contributed by atoms with E-state index in [4.69, 9.17) is 23.2 Å². The molecule has 220 valence electrons. The molecule has 0 saturated carbocycles. The van der Waals surface area contributed by atoms with Crippen molar-refractivity contribution in [3.8, 4) is 0 Å². The molecular formula is C30H34Cl2FN3O4S. The molecule has 0 radical (unpaired) electrons. The van der Waals surface area contributed by atoms with E-state index in [0.717, 1.165) is 9.87 Å². The van der Waals surface area contributed by atoms with Gasteiger partial charge >= 0.3 is 0 Å². The van der Waals surface area contributed by atoms with Crippen LogP contribution in [-0.2, 0) is 26.2 Å². The molecule has 0 bridgehead atoms. The van der Waals surface area contributed by atoms with E-state index in [9.17, 15) is 22.4 Å². The molecule has 2 atom stereocenters. The van der Waals surface area contributed by atoms with E-state index in [0.29, 0.717) is 12.0 Å². The maximum atomic E-state index is 14.0. The Labute approximate surface area is 251 Å².